The molecule has 0 radical (unpaired) electrons. The van der Waals surface area contributed by atoms with Crippen LogP contribution in [0.1, 0.15) is 277 Å². The van der Waals surface area contributed by atoms with Gasteiger partial charge in [-0.05, 0) is 39.0 Å². The second-order valence-corrected chi connectivity index (χ2v) is 18.1. The summed E-state index contributed by atoms with van der Waals surface area (Å²) in [5.41, 5.74) is 0. The van der Waals surface area contributed by atoms with Crippen LogP contribution in [0.15, 0.2) is 36.5 Å². The molecule has 0 rings (SSSR count). The minimum absolute atomic E-state index is 0.00458. The fraction of sp³-hybridized carbons (Fsp3) is 0.870. The minimum Gasteiger partial charge on any atom is -0.394 e. The first-order valence-electron chi connectivity index (χ1n) is 26.2. The first-order chi connectivity index (χ1) is 29.0. The molecule has 0 heterocycles. The first-order valence-corrected chi connectivity index (χ1v) is 26.2. The van der Waals surface area contributed by atoms with Crippen LogP contribution in [0, 0.1) is 0 Å². The molecule has 5 heteroatoms. The van der Waals surface area contributed by atoms with E-state index in [9.17, 15) is 20.1 Å². The number of unbranched alkanes of at least 4 members (excludes halogenated alkanes) is 36. The molecule has 5 nitrogen and oxygen atoms in total. The number of hydrogen-bond acceptors (Lipinski definition) is 4. The summed E-state index contributed by atoms with van der Waals surface area (Å²) in [6.07, 6.45) is 63.8. The lowest BCUT2D eigenvalue weighted by Crippen LogP contribution is -2.45. The third-order valence-corrected chi connectivity index (χ3v) is 12.3. The highest BCUT2D eigenvalue weighted by atomic mass is 16.3. The van der Waals surface area contributed by atoms with Crippen LogP contribution in [-0.2, 0) is 4.79 Å². The van der Waals surface area contributed by atoms with Gasteiger partial charge in [0.25, 0.3) is 0 Å². The molecule has 0 saturated carbocycles. The van der Waals surface area contributed by atoms with Crippen LogP contribution in [0.5, 0.6) is 0 Å². The van der Waals surface area contributed by atoms with Crippen LogP contribution in [0.4, 0.5) is 0 Å². The van der Waals surface area contributed by atoms with E-state index in [1.165, 1.54) is 212 Å². The Kier molecular flexibility index (Phi) is 48.0. The molecule has 0 aliphatic heterocycles. The van der Waals surface area contributed by atoms with Crippen molar-refractivity contribution in [3.05, 3.63) is 36.5 Å². The molecule has 0 aromatic heterocycles. The molecule has 0 aliphatic rings. The van der Waals surface area contributed by atoms with Gasteiger partial charge < -0.3 is 20.6 Å². The lowest BCUT2D eigenvalue weighted by atomic mass is 10.0. The molecule has 0 fully saturated rings. The Morgan fingerprint density at radius 2 is 0.763 bits per heavy atom. The van der Waals surface area contributed by atoms with Gasteiger partial charge in [-0.2, -0.15) is 0 Å². The Bertz CT molecular complexity index is 916. The molecule has 348 valence electrons. The van der Waals surface area contributed by atoms with Crippen molar-refractivity contribution in [2.24, 2.45) is 0 Å². The number of amides is 1. The van der Waals surface area contributed by atoms with Crippen molar-refractivity contribution in [3.63, 3.8) is 0 Å². The summed E-state index contributed by atoms with van der Waals surface area (Å²) in [7, 11) is 0. The van der Waals surface area contributed by atoms with Gasteiger partial charge in [-0.25, -0.2) is 0 Å². The Hall–Kier alpha value is -1.43. The monoisotopic (exact) mass is 830 g/mol. The van der Waals surface area contributed by atoms with E-state index in [1.807, 2.05) is 13.0 Å². The Morgan fingerprint density at radius 1 is 0.458 bits per heavy atom. The van der Waals surface area contributed by atoms with E-state index in [1.54, 1.807) is 6.08 Å². The summed E-state index contributed by atoms with van der Waals surface area (Å²) in [6, 6.07) is -0.764. The standard InChI is InChI=1S/C54H103NO4/c1-3-5-7-9-11-13-14-15-16-17-18-19-20-21-22-23-24-25-26-27-28-29-30-31-32-33-34-35-36-37-38-40-41-43-45-47-51(57)49-54(59)55-52(50-56)53(58)48-46-44-42-39-12-10-8-6-4-2/h4,6,12,39,46,48,51-53,56-58H,3,5,7-11,13-38,40-45,47,49-50H2,1-2H3,(H,55,59)/b6-4+,39-12+,48-46+. The number of rotatable bonds is 48. The fourth-order valence-corrected chi connectivity index (χ4v) is 8.26. The van der Waals surface area contributed by atoms with Crippen LogP contribution in [0.25, 0.3) is 0 Å². The molecular formula is C54H103NO4. The lowest BCUT2D eigenvalue weighted by molar-refractivity contribution is -0.124. The second-order valence-electron chi connectivity index (χ2n) is 18.1. The zero-order valence-electron chi connectivity index (χ0n) is 39.6. The predicted molar refractivity (Wildman–Crippen MR) is 259 cm³/mol. The number of aliphatic hydroxyl groups excluding tert-OH is 3. The van der Waals surface area contributed by atoms with Crippen molar-refractivity contribution in [3.8, 4) is 0 Å². The minimum atomic E-state index is -0.956. The van der Waals surface area contributed by atoms with Crippen molar-refractivity contribution >= 4 is 5.91 Å². The summed E-state index contributed by atoms with van der Waals surface area (Å²) in [4.78, 5) is 12.4. The number of nitrogens with one attached hydrogen (secondary N) is 1. The normalized spacial score (nSPS) is 13.6. The summed E-state index contributed by atoms with van der Waals surface area (Å²) < 4.78 is 0. The molecule has 4 N–H and O–H groups in total. The third kappa shape index (κ3) is 45.9. The van der Waals surface area contributed by atoms with Gasteiger partial charge in [-0.3, -0.25) is 4.79 Å². The highest BCUT2D eigenvalue weighted by Gasteiger charge is 2.20. The average molecular weight is 830 g/mol. The molecule has 1 amide bonds. The van der Waals surface area contributed by atoms with Crippen LogP contribution in [0.3, 0.4) is 0 Å². The van der Waals surface area contributed by atoms with E-state index in [0.29, 0.717) is 6.42 Å². The summed E-state index contributed by atoms with van der Waals surface area (Å²) >= 11 is 0. The van der Waals surface area contributed by atoms with Crippen molar-refractivity contribution < 1.29 is 20.1 Å². The molecule has 59 heavy (non-hydrogen) atoms. The number of carbonyl (C=O) groups excluding carboxylic acids is 1. The van der Waals surface area contributed by atoms with Gasteiger partial charge in [0.1, 0.15) is 0 Å². The van der Waals surface area contributed by atoms with Gasteiger partial charge >= 0.3 is 0 Å². The number of carbonyl (C=O) groups is 1. The van der Waals surface area contributed by atoms with Crippen LogP contribution < -0.4 is 5.32 Å². The number of aliphatic hydroxyl groups is 3. The van der Waals surface area contributed by atoms with Crippen molar-refractivity contribution in [1.82, 2.24) is 5.32 Å². The van der Waals surface area contributed by atoms with Gasteiger partial charge in [0.2, 0.25) is 5.91 Å². The molecule has 3 unspecified atom stereocenters. The van der Waals surface area contributed by atoms with Crippen molar-refractivity contribution in [2.75, 3.05) is 6.61 Å². The number of hydrogen-bond donors (Lipinski definition) is 4. The van der Waals surface area contributed by atoms with Crippen molar-refractivity contribution in [2.45, 2.75) is 295 Å². The van der Waals surface area contributed by atoms with Crippen molar-refractivity contribution in [1.29, 1.82) is 0 Å². The SMILES string of the molecule is C/C=C/CC/C=C/CC/C=C/C(O)C(CO)NC(=O)CC(O)CCCCCCCCCCCCCCCCCCCCCCCCCCCCCCCCCCCCC. The van der Waals surface area contributed by atoms with Crippen LogP contribution >= 0.6 is 0 Å². The molecule has 3 atom stereocenters. The molecule has 0 aromatic carbocycles. The van der Waals surface area contributed by atoms with E-state index < -0.39 is 18.2 Å². The highest BCUT2D eigenvalue weighted by molar-refractivity contribution is 5.76. The molecule has 0 spiro atoms. The average Bonchev–Trinajstić information content (AvgIpc) is 3.23. The summed E-state index contributed by atoms with van der Waals surface area (Å²) in [6.45, 7) is 3.98. The molecule has 0 saturated heterocycles. The molecular weight excluding hydrogens is 727 g/mol. The van der Waals surface area contributed by atoms with E-state index in [0.717, 1.165) is 38.5 Å². The Labute approximate surface area is 368 Å². The third-order valence-electron chi connectivity index (χ3n) is 12.3. The zero-order chi connectivity index (χ0) is 43.0. The smallest absolute Gasteiger partial charge is 0.222 e. The van der Waals surface area contributed by atoms with Gasteiger partial charge in [-0.15, -0.1) is 0 Å². The molecule has 0 aromatic rings. The van der Waals surface area contributed by atoms with Crippen LogP contribution in [-0.4, -0.2) is 46.1 Å². The lowest BCUT2D eigenvalue weighted by Gasteiger charge is -2.21. The maximum Gasteiger partial charge on any atom is 0.222 e. The first kappa shape index (κ1) is 57.6. The fourth-order valence-electron chi connectivity index (χ4n) is 8.26. The molecule has 0 aliphatic carbocycles. The quantitative estimate of drug-likeness (QED) is 0.0363. The van der Waals surface area contributed by atoms with E-state index in [-0.39, 0.29) is 18.9 Å². The van der Waals surface area contributed by atoms with Gasteiger partial charge in [0.15, 0.2) is 0 Å². The largest absolute Gasteiger partial charge is 0.394 e. The summed E-state index contributed by atoms with van der Waals surface area (Å²) in [5.74, 6) is -0.329. The predicted octanol–water partition coefficient (Wildman–Crippen LogP) is 15.9. The van der Waals surface area contributed by atoms with E-state index in [4.69, 9.17) is 0 Å². The van der Waals surface area contributed by atoms with Gasteiger partial charge in [0, 0.05) is 0 Å². The Balaban J connectivity index is 3.40. The van der Waals surface area contributed by atoms with Gasteiger partial charge in [0.05, 0.1) is 31.3 Å². The second kappa shape index (κ2) is 49.2. The maximum absolute atomic E-state index is 12.4. The topological polar surface area (TPSA) is 89.8 Å². The zero-order valence-corrected chi connectivity index (χ0v) is 39.6. The van der Waals surface area contributed by atoms with E-state index in [2.05, 4.69) is 36.5 Å². The molecule has 0 bridgehead atoms. The van der Waals surface area contributed by atoms with Crippen LogP contribution in [0.2, 0.25) is 0 Å². The number of allylic oxidation sites excluding steroid dienone is 5. The highest BCUT2D eigenvalue weighted by Crippen LogP contribution is 2.18. The maximum atomic E-state index is 12.4. The van der Waals surface area contributed by atoms with E-state index >= 15 is 0 Å². The van der Waals surface area contributed by atoms with Gasteiger partial charge in [-0.1, -0.05) is 268 Å². The Morgan fingerprint density at radius 3 is 1.08 bits per heavy atom. The summed E-state index contributed by atoms with van der Waals surface area (Å²) in [5, 5.41) is 33.1.